The number of nitrogens with zero attached hydrogens (tertiary/aromatic N) is 2. The van der Waals surface area contributed by atoms with Crippen LogP contribution in [0.3, 0.4) is 0 Å². The van der Waals surface area contributed by atoms with Crippen LogP contribution in [0.2, 0.25) is 0 Å². The van der Waals surface area contributed by atoms with E-state index in [2.05, 4.69) is 20.9 Å². The highest BCUT2D eigenvalue weighted by atomic mass is 19.4. The van der Waals surface area contributed by atoms with Crippen LogP contribution < -0.4 is 16.0 Å². The summed E-state index contributed by atoms with van der Waals surface area (Å²) in [4.78, 5) is 28.7. The predicted octanol–water partition coefficient (Wildman–Crippen LogP) is 4.06. The third-order valence-electron chi connectivity index (χ3n) is 4.39. The smallest absolute Gasteiger partial charge is 0.338 e. The molecule has 0 fully saturated rings. The van der Waals surface area contributed by atoms with Crippen LogP contribution in [0.25, 0.3) is 0 Å². The van der Waals surface area contributed by atoms with Crippen molar-refractivity contribution in [2.24, 2.45) is 7.05 Å². The fraction of sp³-hybridized carbons (Fsp3) is 0.190. The van der Waals surface area contributed by atoms with Gasteiger partial charge < -0.3 is 20.5 Å². The standard InChI is InChI=1S/C21H20F3N5O2/c1-29-11-10-25-18(29)8-9-26-20(31)28-16-6-2-4-14(12-16)19(30)27-17-7-3-5-15(13-17)21(22,23)24/h2-7,10-13H,8-9H2,1H3,(H,27,30)(H2,26,28,31). The molecule has 0 radical (unpaired) electrons. The van der Waals surface area contributed by atoms with Crippen LogP contribution in [0.15, 0.2) is 60.9 Å². The third-order valence-corrected chi connectivity index (χ3v) is 4.39. The van der Waals surface area contributed by atoms with Crippen LogP contribution in [0.4, 0.5) is 29.3 Å². The molecule has 31 heavy (non-hydrogen) atoms. The molecule has 0 aliphatic carbocycles. The molecule has 2 aromatic carbocycles. The number of hydrogen-bond donors (Lipinski definition) is 3. The van der Waals surface area contributed by atoms with Crippen molar-refractivity contribution in [1.29, 1.82) is 0 Å². The molecule has 3 N–H and O–H groups in total. The van der Waals surface area contributed by atoms with E-state index in [-0.39, 0.29) is 11.3 Å². The van der Waals surface area contributed by atoms with Crippen molar-refractivity contribution in [2.45, 2.75) is 12.6 Å². The maximum Gasteiger partial charge on any atom is 0.416 e. The molecule has 3 rings (SSSR count). The Morgan fingerprint density at radius 3 is 2.42 bits per heavy atom. The summed E-state index contributed by atoms with van der Waals surface area (Å²) in [6, 6.07) is 9.99. The number of aromatic nitrogens is 2. The minimum atomic E-state index is -4.51. The van der Waals surface area contributed by atoms with E-state index in [1.165, 1.54) is 24.3 Å². The van der Waals surface area contributed by atoms with E-state index in [4.69, 9.17) is 0 Å². The number of carbonyl (C=O) groups excluding carboxylic acids is 2. The van der Waals surface area contributed by atoms with E-state index in [9.17, 15) is 22.8 Å². The molecule has 10 heteroatoms. The topological polar surface area (TPSA) is 88.1 Å². The molecule has 3 aromatic rings. The molecule has 0 bridgehead atoms. The van der Waals surface area contributed by atoms with Crippen LogP contribution in [0, 0.1) is 0 Å². The van der Waals surface area contributed by atoms with E-state index in [1.54, 1.807) is 18.3 Å². The fourth-order valence-corrected chi connectivity index (χ4v) is 2.82. The highest BCUT2D eigenvalue weighted by Gasteiger charge is 2.30. The van der Waals surface area contributed by atoms with E-state index in [1.807, 2.05) is 17.8 Å². The number of hydrogen-bond acceptors (Lipinski definition) is 3. The largest absolute Gasteiger partial charge is 0.416 e. The first kappa shape index (κ1) is 21.9. The number of rotatable bonds is 6. The molecule has 0 atom stereocenters. The molecule has 1 aromatic heterocycles. The van der Waals surface area contributed by atoms with Crippen molar-refractivity contribution < 1.29 is 22.8 Å². The van der Waals surface area contributed by atoms with Gasteiger partial charge in [0.2, 0.25) is 0 Å². The van der Waals surface area contributed by atoms with E-state index >= 15 is 0 Å². The Morgan fingerprint density at radius 1 is 1.03 bits per heavy atom. The first-order chi connectivity index (χ1) is 14.7. The average Bonchev–Trinajstić information content (AvgIpc) is 3.12. The number of alkyl halides is 3. The number of imidazole rings is 1. The molecule has 0 unspecified atom stereocenters. The molecule has 0 aliphatic heterocycles. The number of aryl methyl sites for hydroxylation is 1. The lowest BCUT2D eigenvalue weighted by atomic mass is 10.1. The Balaban J connectivity index is 1.57. The van der Waals surface area contributed by atoms with Gasteiger partial charge in [-0.2, -0.15) is 13.2 Å². The molecule has 0 spiro atoms. The van der Waals surface area contributed by atoms with E-state index < -0.39 is 23.7 Å². The quantitative estimate of drug-likeness (QED) is 0.550. The van der Waals surface area contributed by atoms with Gasteiger partial charge in [0.25, 0.3) is 5.91 Å². The molecular formula is C21H20F3N5O2. The Hall–Kier alpha value is -3.82. The minimum absolute atomic E-state index is 0.0187. The summed E-state index contributed by atoms with van der Waals surface area (Å²) in [7, 11) is 1.86. The second kappa shape index (κ2) is 9.33. The SMILES string of the molecule is Cn1ccnc1CCNC(=O)Nc1cccc(C(=O)Nc2cccc(C(F)(F)F)c2)c1. The van der Waals surface area contributed by atoms with Gasteiger partial charge in [0.15, 0.2) is 0 Å². The summed E-state index contributed by atoms with van der Waals surface area (Å²) >= 11 is 0. The fourth-order valence-electron chi connectivity index (χ4n) is 2.82. The van der Waals surface area contributed by atoms with Crippen LogP contribution in [-0.4, -0.2) is 28.0 Å². The monoisotopic (exact) mass is 431 g/mol. The lowest BCUT2D eigenvalue weighted by Gasteiger charge is -2.11. The number of urea groups is 1. The van der Waals surface area contributed by atoms with Gasteiger partial charge in [-0.1, -0.05) is 12.1 Å². The number of carbonyl (C=O) groups is 2. The summed E-state index contributed by atoms with van der Waals surface area (Å²) in [5, 5.41) is 7.74. The van der Waals surface area contributed by atoms with Gasteiger partial charge in [-0.05, 0) is 36.4 Å². The van der Waals surface area contributed by atoms with E-state index in [0.717, 1.165) is 18.0 Å². The first-order valence-corrected chi connectivity index (χ1v) is 9.32. The summed E-state index contributed by atoms with van der Waals surface area (Å²) in [5.74, 6) is 0.228. The van der Waals surface area contributed by atoms with Gasteiger partial charge in [-0.3, -0.25) is 4.79 Å². The summed E-state index contributed by atoms with van der Waals surface area (Å²) in [6.07, 6.45) is -0.471. The van der Waals surface area contributed by atoms with Crippen LogP contribution in [-0.2, 0) is 19.6 Å². The predicted molar refractivity (Wildman–Crippen MR) is 110 cm³/mol. The van der Waals surface area contributed by atoms with Crippen molar-refractivity contribution in [3.63, 3.8) is 0 Å². The van der Waals surface area contributed by atoms with Gasteiger partial charge >= 0.3 is 12.2 Å². The zero-order valence-electron chi connectivity index (χ0n) is 16.5. The Morgan fingerprint density at radius 2 is 1.74 bits per heavy atom. The van der Waals surface area contributed by atoms with Gasteiger partial charge in [-0.25, -0.2) is 9.78 Å². The molecule has 1 heterocycles. The zero-order chi connectivity index (χ0) is 22.4. The van der Waals surface area contributed by atoms with Gasteiger partial charge in [0, 0.05) is 49.3 Å². The number of benzene rings is 2. The van der Waals surface area contributed by atoms with Crippen molar-refractivity contribution in [2.75, 3.05) is 17.2 Å². The highest BCUT2D eigenvalue weighted by Crippen LogP contribution is 2.30. The third kappa shape index (κ3) is 6.08. The van der Waals surface area contributed by atoms with Crippen molar-refractivity contribution in [3.05, 3.63) is 77.9 Å². The summed E-state index contributed by atoms with van der Waals surface area (Å²) in [5.41, 5.74) is -0.289. The second-order valence-electron chi connectivity index (χ2n) is 6.70. The lowest BCUT2D eigenvalue weighted by molar-refractivity contribution is -0.137. The molecule has 162 valence electrons. The first-order valence-electron chi connectivity index (χ1n) is 9.32. The van der Waals surface area contributed by atoms with E-state index in [0.29, 0.717) is 18.7 Å². The Bertz CT molecular complexity index is 1080. The Kier molecular flexibility index (Phi) is 6.58. The second-order valence-corrected chi connectivity index (χ2v) is 6.70. The van der Waals surface area contributed by atoms with Gasteiger partial charge in [0.05, 0.1) is 5.56 Å². The number of amides is 3. The Labute approximate surface area is 176 Å². The van der Waals surface area contributed by atoms with Crippen molar-refractivity contribution in [3.8, 4) is 0 Å². The minimum Gasteiger partial charge on any atom is -0.338 e. The summed E-state index contributed by atoms with van der Waals surface area (Å²) in [6.45, 7) is 0.367. The van der Waals surface area contributed by atoms with Crippen molar-refractivity contribution in [1.82, 2.24) is 14.9 Å². The highest BCUT2D eigenvalue weighted by molar-refractivity contribution is 6.05. The molecule has 0 aliphatic rings. The number of nitrogens with one attached hydrogen (secondary N) is 3. The number of anilines is 2. The van der Waals surface area contributed by atoms with Gasteiger partial charge in [-0.15, -0.1) is 0 Å². The molecular weight excluding hydrogens is 411 g/mol. The molecule has 7 nitrogen and oxygen atoms in total. The molecule has 0 saturated heterocycles. The maximum atomic E-state index is 12.8. The molecule has 3 amide bonds. The lowest BCUT2D eigenvalue weighted by Crippen LogP contribution is -2.31. The number of halogens is 3. The normalized spacial score (nSPS) is 11.1. The van der Waals surface area contributed by atoms with Crippen molar-refractivity contribution >= 4 is 23.3 Å². The van der Waals surface area contributed by atoms with Crippen LogP contribution >= 0.6 is 0 Å². The average molecular weight is 431 g/mol. The molecule has 0 saturated carbocycles. The van der Waals surface area contributed by atoms with Gasteiger partial charge in [0.1, 0.15) is 5.82 Å². The zero-order valence-corrected chi connectivity index (χ0v) is 16.5. The van der Waals surface area contributed by atoms with Crippen LogP contribution in [0.1, 0.15) is 21.7 Å². The maximum absolute atomic E-state index is 12.8. The van der Waals surface area contributed by atoms with Crippen LogP contribution in [0.5, 0.6) is 0 Å². The summed E-state index contributed by atoms with van der Waals surface area (Å²) < 4.78 is 40.3.